The Morgan fingerprint density at radius 1 is 1.28 bits per heavy atom. The predicted molar refractivity (Wildman–Crippen MR) is 94.3 cm³/mol. The Morgan fingerprint density at radius 3 is 2.84 bits per heavy atom. The molecule has 0 spiro atoms. The SMILES string of the molecule is COCCn1cc(NC2CC(NC(=O)OCc3ccccc3)C2)cn1. The van der Waals surface area contributed by atoms with E-state index in [2.05, 4.69) is 15.7 Å². The number of carbonyl (C=O) groups is 1. The molecule has 0 atom stereocenters. The smallest absolute Gasteiger partial charge is 0.407 e. The molecule has 1 aromatic heterocycles. The van der Waals surface area contributed by atoms with E-state index in [1.54, 1.807) is 7.11 Å². The Morgan fingerprint density at radius 2 is 2.08 bits per heavy atom. The minimum absolute atomic E-state index is 0.157. The van der Waals surface area contributed by atoms with Crippen molar-refractivity contribution in [2.45, 2.75) is 38.1 Å². The van der Waals surface area contributed by atoms with Crippen molar-refractivity contribution >= 4 is 11.8 Å². The minimum atomic E-state index is -0.361. The second-order valence-corrected chi connectivity index (χ2v) is 6.20. The summed E-state index contributed by atoms with van der Waals surface area (Å²) in [6, 6.07) is 10.2. The molecular weight excluding hydrogens is 320 g/mol. The van der Waals surface area contributed by atoms with Gasteiger partial charge in [-0.2, -0.15) is 5.10 Å². The molecule has 0 bridgehead atoms. The summed E-state index contributed by atoms with van der Waals surface area (Å²) in [4.78, 5) is 11.8. The zero-order valence-electron chi connectivity index (χ0n) is 14.4. The van der Waals surface area contributed by atoms with Gasteiger partial charge in [-0.1, -0.05) is 30.3 Å². The highest BCUT2D eigenvalue weighted by molar-refractivity contribution is 5.67. The summed E-state index contributed by atoms with van der Waals surface area (Å²) in [5, 5.41) is 10.6. The molecule has 1 fully saturated rings. The van der Waals surface area contributed by atoms with Gasteiger partial charge in [0.15, 0.2) is 0 Å². The highest BCUT2D eigenvalue weighted by Gasteiger charge is 2.30. The summed E-state index contributed by atoms with van der Waals surface area (Å²) >= 11 is 0. The molecule has 1 aliphatic rings. The largest absolute Gasteiger partial charge is 0.445 e. The fraction of sp³-hybridized carbons (Fsp3) is 0.444. The average Bonchev–Trinajstić information content (AvgIpc) is 3.04. The maximum Gasteiger partial charge on any atom is 0.407 e. The third-order valence-corrected chi connectivity index (χ3v) is 4.20. The standard InChI is InChI=1S/C18H24N4O3/c1-24-8-7-22-12-17(11-19-22)20-15-9-16(10-15)21-18(23)25-13-14-5-3-2-4-6-14/h2-6,11-12,15-16,20H,7-10,13H2,1H3,(H,21,23). The number of ether oxygens (including phenoxy) is 2. The van der Waals surface area contributed by atoms with Gasteiger partial charge in [0.2, 0.25) is 0 Å². The number of anilines is 1. The normalized spacial score (nSPS) is 19.1. The van der Waals surface area contributed by atoms with Crippen LogP contribution in [0.1, 0.15) is 18.4 Å². The molecule has 1 aromatic carbocycles. The van der Waals surface area contributed by atoms with E-state index < -0.39 is 0 Å². The van der Waals surface area contributed by atoms with Crippen molar-refractivity contribution in [3.63, 3.8) is 0 Å². The quantitative estimate of drug-likeness (QED) is 0.769. The van der Waals surface area contributed by atoms with Crippen molar-refractivity contribution in [3.8, 4) is 0 Å². The number of hydrogen-bond acceptors (Lipinski definition) is 5. The van der Waals surface area contributed by atoms with Crippen LogP contribution < -0.4 is 10.6 Å². The Bertz CT molecular complexity index is 668. The van der Waals surface area contributed by atoms with Gasteiger partial charge in [0.05, 0.1) is 25.0 Å². The molecule has 7 nitrogen and oxygen atoms in total. The van der Waals surface area contributed by atoms with E-state index in [1.807, 2.05) is 47.4 Å². The van der Waals surface area contributed by atoms with E-state index in [0.29, 0.717) is 19.3 Å². The number of alkyl carbamates (subject to hydrolysis) is 1. The van der Waals surface area contributed by atoms with E-state index in [-0.39, 0.29) is 12.1 Å². The summed E-state index contributed by atoms with van der Waals surface area (Å²) in [5.74, 6) is 0. The van der Waals surface area contributed by atoms with Gasteiger partial charge in [-0.15, -0.1) is 0 Å². The van der Waals surface area contributed by atoms with Crippen LogP contribution in [0, 0.1) is 0 Å². The number of benzene rings is 1. The Kier molecular flexibility index (Phi) is 5.90. The van der Waals surface area contributed by atoms with E-state index in [4.69, 9.17) is 9.47 Å². The maximum absolute atomic E-state index is 11.8. The second kappa shape index (κ2) is 8.53. The predicted octanol–water partition coefficient (Wildman–Crippen LogP) is 2.40. The Hall–Kier alpha value is -2.54. The fourth-order valence-corrected chi connectivity index (χ4v) is 2.77. The first kappa shape index (κ1) is 17.3. The van der Waals surface area contributed by atoms with Crippen molar-refractivity contribution in [1.29, 1.82) is 0 Å². The third-order valence-electron chi connectivity index (χ3n) is 4.20. The lowest BCUT2D eigenvalue weighted by molar-refractivity contribution is 0.129. The monoisotopic (exact) mass is 344 g/mol. The van der Waals surface area contributed by atoms with E-state index >= 15 is 0 Å². The Labute approximate surface area is 147 Å². The number of rotatable bonds is 8. The van der Waals surface area contributed by atoms with Gasteiger partial charge < -0.3 is 20.1 Å². The molecule has 1 amide bonds. The van der Waals surface area contributed by atoms with E-state index in [0.717, 1.165) is 30.6 Å². The molecule has 134 valence electrons. The Balaban J connectivity index is 1.32. The molecule has 0 radical (unpaired) electrons. The number of amides is 1. The van der Waals surface area contributed by atoms with Crippen molar-refractivity contribution in [3.05, 3.63) is 48.3 Å². The first-order valence-corrected chi connectivity index (χ1v) is 8.48. The number of hydrogen-bond donors (Lipinski definition) is 2. The molecule has 1 aliphatic carbocycles. The number of nitrogens with zero attached hydrogens (tertiary/aromatic N) is 2. The summed E-state index contributed by atoms with van der Waals surface area (Å²) < 4.78 is 12.1. The first-order valence-electron chi connectivity index (χ1n) is 8.48. The summed E-state index contributed by atoms with van der Waals surface area (Å²) in [5.41, 5.74) is 1.97. The van der Waals surface area contributed by atoms with Crippen LogP contribution in [0.4, 0.5) is 10.5 Å². The number of aromatic nitrogens is 2. The van der Waals surface area contributed by atoms with Crippen molar-refractivity contribution in [2.24, 2.45) is 0 Å². The van der Waals surface area contributed by atoms with Crippen molar-refractivity contribution in [1.82, 2.24) is 15.1 Å². The highest BCUT2D eigenvalue weighted by Crippen LogP contribution is 2.24. The van der Waals surface area contributed by atoms with Crippen LogP contribution in [-0.2, 0) is 22.6 Å². The lowest BCUT2D eigenvalue weighted by atomic mass is 9.87. The molecule has 0 saturated heterocycles. The van der Waals surface area contributed by atoms with Crippen molar-refractivity contribution in [2.75, 3.05) is 19.0 Å². The van der Waals surface area contributed by atoms with Crippen LogP contribution in [0.15, 0.2) is 42.7 Å². The molecule has 0 aliphatic heterocycles. The lowest BCUT2D eigenvalue weighted by Crippen LogP contribution is -2.49. The van der Waals surface area contributed by atoms with Gasteiger partial charge in [0.1, 0.15) is 6.61 Å². The molecule has 2 aromatic rings. The van der Waals surface area contributed by atoms with Gasteiger partial charge in [-0.3, -0.25) is 4.68 Å². The van der Waals surface area contributed by atoms with E-state index in [9.17, 15) is 4.79 Å². The summed E-state index contributed by atoms with van der Waals surface area (Å²) in [6.07, 6.45) is 5.17. The third kappa shape index (κ3) is 5.22. The highest BCUT2D eigenvalue weighted by atomic mass is 16.5. The van der Waals surface area contributed by atoms with Crippen LogP contribution in [0.3, 0.4) is 0 Å². The van der Waals surface area contributed by atoms with Crippen LogP contribution in [0.2, 0.25) is 0 Å². The van der Waals surface area contributed by atoms with Crippen LogP contribution in [-0.4, -0.2) is 41.7 Å². The van der Waals surface area contributed by atoms with Gasteiger partial charge in [-0.25, -0.2) is 4.79 Å². The first-order chi connectivity index (χ1) is 12.2. The number of nitrogens with one attached hydrogen (secondary N) is 2. The van der Waals surface area contributed by atoms with Gasteiger partial charge in [0.25, 0.3) is 0 Å². The fourth-order valence-electron chi connectivity index (χ4n) is 2.77. The summed E-state index contributed by atoms with van der Waals surface area (Å²) in [7, 11) is 1.68. The average molecular weight is 344 g/mol. The number of methoxy groups -OCH3 is 1. The molecule has 2 N–H and O–H groups in total. The number of carbonyl (C=O) groups excluding carboxylic acids is 1. The summed E-state index contributed by atoms with van der Waals surface area (Å²) in [6.45, 7) is 1.67. The second-order valence-electron chi connectivity index (χ2n) is 6.20. The minimum Gasteiger partial charge on any atom is -0.445 e. The molecule has 7 heteroatoms. The molecule has 25 heavy (non-hydrogen) atoms. The van der Waals surface area contributed by atoms with Crippen LogP contribution in [0.5, 0.6) is 0 Å². The van der Waals surface area contributed by atoms with Crippen LogP contribution in [0.25, 0.3) is 0 Å². The maximum atomic E-state index is 11.8. The lowest BCUT2D eigenvalue weighted by Gasteiger charge is -2.36. The molecule has 1 heterocycles. The zero-order valence-corrected chi connectivity index (χ0v) is 14.4. The van der Waals surface area contributed by atoms with Crippen molar-refractivity contribution < 1.29 is 14.3 Å². The molecular formula is C18H24N4O3. The van der Waals surface area contributed by atoms with Gasteiger partial charge in [-0.05, 0) is 18.4 Å². The van der Waals surface area contributed by atoms with Gasteiger partial charge in [0, 0.05) is 25.4 Å². The molecule has 3 rings (SSSR count). The van der Waals surface area contributed by atoms with E-state index in [1.165, 1.54) is 0 Å². The zero-order chi connectivity index (χ0) is 17.5. The molecule has 0 unspecified atom stereocenters. The van der Waals surface area contributed by atoms with Gasteiger partial charge >= 0.3 is 6.09 Å². The topological polar surface area (TPSA) is 77.4 Å². The van der Waals surface area contributed by atoms with Crippen LogP contribution >= 0.6 is 0 Å². The molecule has 1 saturated carbocycles.